The number of ether oxygens (including phenoxy) is 1. The summed E-state index contributed by atoms with van der Waals surface area (Å²) < 4.78 is 10.9. The van der Waals surface area contributed by atoms with Crippen LogP contribution in [-0.4, -0.2) is 36.0 Å². The van der Waals surface area contributed by atoms with Gasteiger partial charge in [0.2, 0.25) is 5.89 Å². The second kappa shape index (κ2) is 7.33. The maximum atomic E-state index is 5.44. The smallest absolute Gasteiger partial charge is 0.315 e. The lowest BCUT2D eigenvalue weighted by Gasteiger charge is -2.02. The van der Waals surface area contributed by atoms with Crippen molar-refractivity contribution in [1.82, 2.24) is 15.5 Å². The van der Waals surface area contributed by atoms with Crippen LogP contribution in [0.2, 0.25) is 0 Å². The fourth-order valence-electron chi connectivity index (χ4n) is 1.49. The molecule has 0 radical (unpaired) electrons. The van der Waals surface area contributed by atoms with E-state index in [-0.39, 0.29) is 0 Å². The third-order valence-electron chi connectivity index (χ3n) is 2.75. The first-order chi connectivity index (χ1) is 8.88. The van der Waals surface area contributed by atoms with Crippen LogP contribution < -0.4 is 10.6 Å². The average molecular weight is 254 g/mol. The van der Waals surface area contributed by atoms with Crippen LogP contribution >= 0.6 is 0 Å². The van der Waals surface area contributed by atoms with Gasteiger partial charge in [-0.15, -0.1) is 5.10 Å². The number of hydrogen-bond acceptors (Lipinski definition) is 6. The van der Waals surface area contributed by atoms with E-state index >= 15 is 0 Å². The second-order valence-electron chi connectivity index (χ2n) is 4.55. The third-order valence-corrected chi connectivity index (χ3v) is 2.75. The van der Waals surface area contributed by atoms with Gasteiger partial charge in [0.25, 0.3) is 0 Å². The lowest BCUT2D eigenvalue weighted by molar-refractivity contribution is 0.140. The van der Waals surface area contributed by atoms with Gasteiger partial charge < -0.3 is 19.8 Å². The minimum Gasteiger partial charge on any atom is -0.407 e. The lowest BCUT2D eigenvalue weighted by Crippen LogP contribution is -2.15. The van der Waals surface area contributed by atoms with E-state index in [9.17, 15) is 0 Å². The standard InChI is InChI=1S/C12H22N4O2/c1-2-3-7-17-8-6-13-12-16-15-11(18-12)9-14-10-4-5-10/h10,14H,2-9H2,1H3,(H,13,16). The molecule has 102 valence electrons. The van der Waals surface area contributed by atoms with Gasteiger partial charge in [0.1, 0.15) is 0 Å². The SMILES string of the molecule is CCCCOCCNc1nnc(CNC2CC2)o1. The number of hydrogen-bond donors (Lipinski definition) is 2. The summed E-state index contributed by atoms with van der Waals surface area (Å²) in [5.74, 6) is 0.635. The molecule has 1 saturated carbocycles. The molecule has 18 heavy (non-hydrogen) atoms. The molecule has 0 saturated heterocycles. The summed E-state index contributed by atoms with van der Waals surface area (Å²) in [5.41, 5.74) is 0. The molecule has 0 aliphatic heterocycles. The van der Waals surface area contributed by atoms with Crippen LogP contribution in [0.4, 0.5) is 6.01 Å². The molecule has 0 atom stereocenters. The summed E-state index contributed by atoms with van der Waals surface area (Å²) in [6, 6.07) is 1.13. The molecular formula is C12H22N4O2. The van der Waals surface area contributed by atoms with Gasteiger partial charge in [0.05, 0.1) is 13.2 Å². The van der Waals surface area contributed by atoms with E-state index in [2.05, 4.69) is 27.8 Å². The Labute approximate surface area is 107 Å². The Morgan fingerprint density at radius 2 is 2.22 bits per heavy atom. The van der Waals surface area contributed by atoms with Crippen molar-refractivity contribution < 1.29 is 9.15 Å². The molecule has 6 heteroatoms. The van der Waals surface area contributed by atoms with Gasteiger partial charge in [0.15, 0.2) is 0 Å². The summed E-state index contributed by atoms with van der Waals surface area (Å²) in [4.78, 5) is 0. The fraction of sp³-hybridized carbons (Fsp3) is 0.833. The van der Waals surface area contributed by atoms with E-state index in [0.717, 1.165) is 19.4 Å². The molecule has 0 unspecified atom stereocenters. The van der Waals surface area contributed by atoms with Gasteiger partial charge in [-0.2, -0.15) is 0 Å². The molecule has 0 spiro atoms. The van der Waals surface area contributed by atoms with Crippen molar-refractivity contribution in [3.8, 4) is 0 Å². The van der Waals surface area contributed by atoms with E-state index in [0.29, 0.717) is 37.6 Å². The monoisotopic (exact) mass is 254 g/mol. The number of rotatable bonds is 10. The normalized spacial score (nSPS) is 14.9. The fourth-order valence-corrected chi connectivity index (χ4v) is 1.49. The molecule has 6 nitrogen and oxygen atoms in total. The Morgan fingerprint density at radius 1 is 1.33 bits per heavy atom. The van der Waals surface area contributed by atoms with Crippen LogP contribution in [-0.2, 0) is 11.3 Å². The summed E-state index contributed by atoms with van der Waals surface area (Å²) >= 11 is 0. The predicted molar refractivity (Wildman–Crippen MR) is 68.4 cm³/mol. The average Bonchev–Trinajstić information content (AvgIpc) is 3.11. The highest BCUT2D eigenvalue weighted by atomic mass is 16.5. The lowest BCUT2D eigenvalue weighted by atomic mass is 10.4. The van der Waals surface area contributed by atoms with Crippen LogP contribution in [0.5, 0.6) is 0 Å². The number of aromatic nitrogens is 2. The minimum absolute atomic E-state index is 0.474. The Hall–Kier alpha value is -1.14. The molecule has 1 aromatic rings. The van der Waals surface area contributed by atoms with Crippen molar-refractivity contribution in [3.63, 3.8) is 0 Å². The summed E-state index contributed by atoms with van der Waals surface area (Å²) in [5, 5.41) is 14.3. The minimum atomic E-state index is 0.474. The van der Waals surface area contributed by atoms with Crippen molar-refractivity contribution >= 4 is 6.01 Å². The molecule has 1 aliphatic rings. The van der Waals surface area contributed by atoms with Gasteiger partial charge in [-0.25, -0.2) is 0 Å². The van der Waals surface area contributed by atoms with E-state index in [4.69, 9.17) is 9.15 Å². The molecule has 1 heterocycles. The van der Waals surface area contributed by atoms with Crippen molar-refractivity contribution in [2.45, 2.75) is 45.2 Å². The number of nitrogens with zero attached hydrogens (tertiary/aromatic N) is 2. The number of nitrogens with one attached hydrogen (secondary N) is 2. The molecule has 1 fully saturated rings. The highest BCUT2D eigenvalue weighted by Gasteiger charge is 2.21. The van der Waals surface area contributed by atoms with Crippen LogP contribution in [0.15, 0.2) is 4.42 Å². The van der Waals surface area contributed by atoms with E-state index < -0.39 is 0 Å². The van der Waals surface area contributed by atoms with E-state index in [1.54, 1.807) is 0 Å². The van der Waals surface area contributed by atoms with Gasteiger partial charge in [-0.05, 0) is 19.3 Å². The zero-order valence-corrected chi connectivity index (χ0v) is 10.9. The van der Waals surface area contributed by atoms with Gasteiger partial charge in [0, 0.05) is 19.2 Å². The zero-order chi connectivity index (χ0) is 12.6. The Bertz CT molecular complexity index is 339. The Balaban J connectivity index is 1.54. The highest BCUT2D eigenvalue weighted by Crippen LogP contribution is 2.19. The second-order valence-corrected chi connectivity index (χ2v) is 4.55. The van der Waals surface area contributed by atoms with Gasteiger partial charge >= 0.3 is 6.01 Å². The maximum absolute atomic E-state index is 5.44. The highest BCUT2D eigenvalue weighted by molar-refractivity contribution is 5.16. The van der Waals surface area contributed by atoms with Crippen molar-refractivity contribution in [2.24, 2.45) is 0 Å². The molecular weight excluding hydrogens is 232 g/mol. The molecule has 2 rings (SSSR count). The third kappa shape index (κ3) is 5.01. The summed E-state index contributed by atoms with van der Waals surface area (Å²) in [6.07, 6.45) is 4.79. The first-order valence-electron chi connectivity index (χ1n) is 6.76. The molecule has 0 aromatic carbocycles. The molecule has 1 aromatic heterocycles. The molecule has 1 aliphatic carbocycles. The van der Waals surface area contributed by atoms with Crippen LogP contribution in [0, 0.1) is 0 Å². The summed E-state index contributed by atoms with van der Waals surface area (Å²) in [6.45, 7) is 4.99. The number of anilines is 1. The predicted octanol–water partition coefficient (Wildman–Crippen LogP) is 1.55. The van der Waals surface area contributed by atoms with Crippen molar-refractivity contribution in [2.75, 3.05) is 25.1 Å². The zero-order valence-electron chi connectivity index (χ0n) is 10.9. The van der Waals surface area contributed by atoms with Crippen LogP contribution in [0.25, 0.3) is 0 Å². The number of unbranched alkanes of at least 4 members (excludes halogenated alkanes) is 1. The quantitative estimate of drug-likeness (QED) is 0.617. The van der Waals surface area contributed by atoms with Crippen molar-refractivity contribution in [1.29, 1.82) is 0 Å². The molecule has 0 bridgehead atoms. The first-order valence-corrected chi connectivity index (χ1v) is 6.76. The Kier molecular flexibility index (Phi) is 5.41. The first kappa shape index (κ1) is 13.3. The van der Waals surface area contributed by atoms with Crippen LogP contribution in [0.1, 0.15) is 38.5 Å². The topological polar surface area (TPSA) is 72.2 Å². The van der Waals surface area contributed by atoms with Crippen molar-refractivity contribution in [3.05, 3.63) is 5.89 Å². The van der Waals surface area contributed by atoms with E-state index in [1.165, 1.54) is 12.8 Å². The maximum Gasteiger partial charge on any atom is 0.315 e. The molecule has 0 amide bonds. The van der Waals surface area contributed by atoms with Gasteiger partial charge in [-0.3, -0.25) is 0 Å². The summed E-state index contributed by atoms with van der Waals surface area (Å²) in [7, 11) is 0. The largest absolute Gasteiger partial charge is 0.407 e. The Morgan fingerprint density at radius 3 is 3.00 bits per heavy atom. The van der Waals surface area contributed by atoms with E-state index in [1.807, 2.05) is 0 Å². The van der Waals surface area contributed by atoms with Crippen LogP contribution in [0.3, 0.4) is 0 Å². The molecule has 2 N–H and O–H groups in total. The van der Waals surface area contributed by atoms with Gasteiger partial charge in [-0.1, -0.05) is 18.4 Å².